The molecule has 30 heavy (non-hydrogen) atoms. The Kier molecular flexibility index (Phi) is 4.52. The zero-order valence-corrected chi connectivity index (χ0v) is 16.3. The highest BCUT2D eigenvalue weighted by Crippen LogP contribution is 2.33. The summed E-state index contributed by atoms with van der Waals surface area (Å²) in [6.07, 6.45) is 2.04. The van der Waals surface area contributed by atoms with Crippen molar-refractivity contribution in [1.29, 1.82) is 0 Å². The number of carbonyl (C=O) groups excluding carboxylic acids is 1. The molecule has 148 valence electrons. The second kappa shape index (κ2) is 7.48. The average Bonchev–Trinajstić information content (AvgIpc) is 3.28. The molecule has 0 saturated carbocycles. The minimum Gasteiger partial charge on any atom is -0.348 e. The summed E-state index contributed by atoms with van der Waals surface area (Å²) in [5, 5.41) is 4.40. The van der Waals surface area contributed by atoms with Gasteiger partial charge in [-0.25, -0.2) is 0 Å². The second-order valence-electron chi connectivity index (χ2n) is 7.24. The zero-order chi connectivity index (χ0) is 20.5. The molecule has 6 nitrogen and oxygen atoms in total. The normalized spacial score (nSPS) is 15.6. The number of para-hydroxylation sites is 1. The van der Waals surface area contributed by atoms with Gasteiger partial charge in [-0.2, -0.15) is 9.78 Å². The Morgan fingerprint density at radius 3 is 2.33 bits per heavy atom. The summed E-state index contributed by atoms with van der Waals surface area (Å²) >= 11 is 0. The molecule has 0 saturated heterocycles. The van der Waals surface area contributed by atoms with Crippen molar-refractivity contribution in [3.63, 3.8) is 0 Å². The number of amides is 1. The van der Waals surface area contributed by atoms with Crippen LogP contribution in [0.25, 0.3) is 5.69 Å². The van der Waals surface area contributed by atoms with Gasteiger partial charge >= 0.3 is 0 Å². The Hall–Kier alpha value is -3.93. The van der Waals surface area contributed by atoms with Crippen LogP contribution in [-0.2, 0) is 6.54 Å². The molecule has 0 N–H and O–H groups in total. The molecular formula is C24H20N4O2. The number of rotatable bonds is 3. The van der Waals surface area contributed by atoms with E-state index in [1.165, 1.54) is 16.8 Å². The maximum atomic E-state index is 13.5. The summed E-state index contributed by atoms with van der Waals surface area (Å²) in [6.45, 7) is 1.28. The third-order valence-electron chi connectivity index (χ3n) is 5.43. The van der Waals surface area contributed by atoms with Crippen molar-refractivity contribution in [2.45, 2.75) is 12.6 Å². The van der Waals surface area contributed by atoms with E-state index in [1.807, 2.05) is 65.7 Å². The maximum absolute atomic E-state index is 13.5. The molecular weight excluding hydrogens is 376 g/mol. The fourth-order valence-corrected chi connectivity index (χ4v) is 4.01. The summed E-state index contributed by atoms with van der Waals surface area (Å²) in [6, 6.07) is 25.9. The van der Waals surface area contributed by atoms with Crippen LogP contribution >= 0.6 is 0 Å². The molecule has 0 bridgehead atoms. The number of nitrogens with zero attached hydrogens (tertiary/aromatic N) is 4. The standard InChI is InChI=1S/C24H20N4O2/c29-22-14-13-20(25-28(22)19-10-5-2-6-11-19)24(30)27-17-16-26-15-7-12-21(26)23(27)18-8-3-1-4-9-18/h1-15,23H,16-17H2. The quantitative estimate of drug-likeness (QED) is 0.534. The Bertz CT molecular complexity index is 1240. The number of aromatic nitrogens is 3. The van der Waals surface area contributed by atoms with Gasteiger partial charge in [-0.1, -0.05) is 48.5 Å². The largest absolute Gasteiger partial charge is 0.348 e. The molecule has 0 radical (unpaired) electrons. The van der Waals surface area contributed by atoms with Gasteiger partial charge in [-0.15, -0.1) is 0 Å². The predicted molar refractivity (Wildman–Crippen MR) is 114 cm³/mol. The molecule has 2 aromatic carbocycles. The van der Waals surface area contributed by atoms with Crippen molar-refractivity contribution in [3.8, 4) is 5.69 Å². The molecule has 1 aliphatic heterocycles. The average molecular weight is 396 g/mol. The van der Waals surface area contributed by atoms with Crippen LogP contribution in [0.3, 0.4) is 0 Å². The van der Waals surface area contributed by atoms with E-state index in [0.29, 0.717) is 12.2 Å². The fraction of sp³-hybridized carbons (Fsp3) is 0.125. The summed E-state index contributed by atoms with van der Waals surface area (Å²) < 4.78 is 3.46. The molecule has 1 aliphatic rings. The minimum atomic E-state index is -0.273. The molecule has 2 aromatic heterocycles. The number of hydrogen-bond acceptors (Lipinski definition) is 3. The lowest BCUT2D eigenvalue weighted by Gasteiger charge is -2.37. The molecule has 0 fully saturated rings. The highest BCUT2D eigenvalue weighted by molar-refractivity contribution is 5.92. The number of benzene rings is 2. The van der Waals surface area contributed by atoms with Crippen LogP contribution < -0.4 is 5.56 Å². The van der Waals surface area contributed by atoms with Gasteiger partial charge in [0.2, 0.25) is 0 Å². The van der Waals surface area contributed by atoms with Gasteiger partial charge in [0.05, 0.1) is 11.7 Å². The summed E-state index contributed by atoms with van der Waals surface area (Å²) in [5.41, 5.74) is 2.72. The molecule has 1 amide bonds. The highest BCUT2D eigenvalue weighted by atomic mass is 16.2. The maximum Gasteiger partial charge on any atom is 0.275 e. The van der Waals surface area contributed by atoms with Crippen molar-refractivity contribution in [3.05, 3.63) is 118 Å². The van der Waals surface area contributed by atoms with Gasteiger partial charge in [-0.3, -0.25) is 9.59 Å². The molecule has 4 aromatic rings. The number of carbonyl (C=O) groups is 1. The molecule has 0 spiro atoms. The van der Waals surface area contributed by atoms with Crippen molar-refractivity contribution in [1.82, 2.24) is 19.2 Å². The Labute approximate surface area is 173 Å². The van der Waals surface area contributed by atoms with Crippen LogP contribution in [0, 0.1) is 0 Å². The van der Waals surface area contributed by atoms with Gasteiger partial charge in [0.25, 0.3) is 11.5 Å². The van der Waals surface area contributed by atoms with E-state index in [9.17, 15) is 9.59 Å². The molecule has 3 heterocycles. The van der Waals surface area contributed by atoms with Crippen LogP contribution in [0.15, 0.2) is 95.9 Å². The first-order chi connectivity index (χ1) is 14.7. The number of hydrogen-bond donors (Lipinski definition) is 0. The van der Waals surface area contributed by atoms with Gasteiger partial charge in [0.15, 0.2) is 0 Å². The van der Waals surface area contributed by atoms with E-state index in [2.05, 4.69) is 15.7 Å². The van der Waals surface area contributed by atoms with Crippen LogP contribution in [0.4, 0.5) is 0 Å². The van der Waals surface area contributed by atoms with E-state index in [0.717, 1.165) is 17.8 Å². The van der Waals surface area contributed by atoms with E-state index in [4.69, 9.17) is 0 Å². The Balaban J connectivity index is 1.57. The third kappa shape index (κ3) is 3.12. The third-order valence-corrected chi connectivity index (χ3v) is 5.43. The lowest BCUT2D eigenvalue weighted by Crippen LogP contribution is -2.43. The minimum absolute atomic E-state index is 0.194. The van der Waals surface area contributed by atoms with E-state index in [1.54, 1.807) is 12.1 Å². The molecule has 0 aliphatic carbocycles. The zero-order valence-electron chi connectivity index (χ0n) is 16.3. The van der Waals surface area contributed by atoms with E-state index >= 15 is 0 Å². The first-order valence-electron chi connectivity index (χ1n) is 9.89. The Morgan fingerprint density at radius 2 is 1.57 bits per heavy atom. The topological polar surface area (TPSA) is 60.1 Å². The van der Waals surface area contributed by atoms with Crippen LogP contribution in [0.5, 0.6) is 0 Å². The van der Waals surface area contributed by atoms with Crippen molar-refractivity contribution >= 4 is 5.91 Å². The summed E-state index contributed by atoms with van der Waals surface area (Å²) in [5.74, 6) is -0.194. The summed E-state index contributed by atoms with van der Waals surface area (Å²) in [4.78, 5) is 27.7. The van der Waals surface area contributed by atoms with Crippen molar-refractivity contribution in [2.24, 2.45) is 0 Å². The van der Waals surface area contributed by atoms with Crippen molar-refractivity contribution < 1.29 is 4.79 Å². The number of fused-ring (bicyclic) bond motifs is 1. The first-order valence-corrected chi connectivity index (χ1v) is 9.89. The van der Waals surface area contributed by atoms with Gasteiger partial charge in [-0.05, 0) is 35.9 Å². The molecule has 1 atom stereocenters. The van der Waals surface area contributed by atoms with Gasteiger partial charge in [0.1, 0.15) is 5.69 Å². The fourth-order valence-electron chi connectivity index (χ4n) is 4.01. The Morgan fingerprint density at radius 1 is 0.833 bits per heavy atom. The second-order valence-corrected chi connectivity index (χ2v) is 7.24. The monoisotopic (exact) mass is 396 g/mol. The SMILES string of the molecule is O=C(c1ccc(=O)n(-c2ccccc2)n1)N1CCn2cccc2C1c1ccccc1. The van der Waals surface area contributed by atoms with E-state index in [-0.39, 0.29) is 23.2 Å². The van der Waals surface area contributed by atoms with E-state index < -0.39 is 0 Å². The van der Waals surface area contributed by atoms with Crippen LogP contribution in [-0.4, -0.2) is 31.7 Å². The highest BCUT2D eigenvalue weighted by Gasteiger charge is 2.33. The molecule has 6 heteroatoms. The van der Waals surface area contributed by atoms with Gasteiger partial charge < -0.3 is 9.47 Å². The summed E-state index contributed by atoms with van der Waals surface area (Å²) in [7, 11) is 0. The van der Waals surface area contributed by atoms with Crippen molar-refractivity contribution in [2.75, 3.05) is 6.54 Å². The predicted octanol–water partition coefficient (Wildman–Crippen LogP) is 3.28. The smallest absolute Gasteiger partial charge is 0.275 e. The van der Waals surface area contributed by atoms with Crippen LogP contribution in [0.2, 0.25) is 0 Å². The first kappa shape index (κ1) is 18.1. The molecule has 1 unspecified atom stereocenters. The van der Waals surface area contributed by atoms with Gasteiger partial charge in [0, 0.05) is 31.0 Å². The lowest BCUT2D eigenvalue weighted by atomic mass is 9.99. The lowest BCUT2D eigenvalue weighted by molar-refractivity contribution is 0.0656. The van der Waals surface area contributed by atoms with Crippen LogP contribution in [0.1, 0.15) is 27.8 Å². The molecule has 5 rings (SSSR count).